The van der Waals surface area contributed by atoms with E-state index in [4.69, 9.17) is 21.4 Å². The average Bonchev–Trinajstić information content (AvgIpc) is 3.09. The van der Waals surface area contributed by atoms with Crippen LogP contribution in [0.1, 0.15) is 46.9 Å². The van der Waals surface area contributed by atoms with Crippen LogP contribution in [0.3, 0.4) is 0 Å². The summed E-state index contributed by atoms with van der Waals surface area (Å²) in [5, 5.41) is 5.16. The molecule has 1 fully saturated rings. The van der Waals surface area contributed by atoms with Crippen molar-refractivity contribution in [3.63, 3.8) is 0 Å². The maximum Gasteiger partial charge on any atom is 0.256 e. The highest BCUT2D eigenvalue weighted by molar-refractivity contribution is 6.35. The van der Waals surface area contributed by atoms with Gasteiger partial charge in [-0.1, -0.05) is 17.7 Å². The molecule has 0 spiro atoms. The molecule has 2 atom stereocenters. The highest BCUT2D eigenvalue weighted by atomic mass is 35.5. The van der Waals surface area contributed by atoms with Gasteiger partial charge in [0.15, 0.2) is 0 Å². The Hall–Kier alpha value is -2.86. The lowest BCUT2D eigenvalue weighted by Gasteiger charge is -2.45. The minimum atomic E-state index is -0.261. The van der Waals surface area contributed by atoms with Crippen LogP contribution in [0.15, 0.2) is 42.5 Å². The molecule has 1 aromatic heterocycles. The lowest BCUT2D eigenvalue weighted by Crippen LogP contribution is -2.50. The van der Waals surface area contributed by atoms with Crippen molar-refractivity contribution in [1.82, 2.24) is 14.7 Å². The summed E-state index contributed by atoms with van der Waals surface area (Å²) in [7, 11) is 3.45. The van der Waals surface area contributed by atoms with Crippen molar-refractivity contribution in [2.75, 3.05) is 7.11 Å². The number of methoxy groups -OCH3 is 1. The number of hydrogen-bond acceptors (Lipinski definition) is 3. The number of aromatic nitrogens is 2. The summed E-state index contributed by atoms with van der Waals surface area (Å²) in [5.41, 5.74) is 4.48. The van der Waals surface area contributed by atoms with Gasteiger partial charge in [0.1, 0.15) is 11.6 Å². The minimum absolute atomic E-state index is 0.0735. The Kier molecular flexibility index (Phi) is 4.97. The van der Waals surface area contributed by atoms with Gasteiger partial charge in [0.05, 0.1) is 35.1 Å². The van der Waals surface area contributed by atoms with E-state index in [0.717, 1.165) is 48.2 Å². The monoisotopic (exact) mass is 439 g/mol. The summed E-state index contributed by atoms with van der Waals surface area (Å²) in [6, 6.07) is 11.8. The van der Waals surface area contributed by atoms with Crippen molar-refractivity contribution in [2.45, 2.75) is 37.8 Å². The SMILES string of the molecule is COc1cccc(C(=O)N2C3CCCC2c2nn(C)c(-c4ccc(F)cc4)c2C3)c1Cl. The quantitative estimate of drug-likeness (QED) is 0.565. The van der Waals surface area contributed by atoms with Gasteiger partial charge in [-0.2, -0.15) is 5.10 Å². The molecule has 160 valence electrons. The summed E-state index contributed by atoms with van der Waals surface area (Å²) in [5.74, 6) is 0.147. The molecule has 2 unspecified atom stereocenters. The van der Waals surface area contributed by atoms with Crippen LogP contribution < -0.4 is 4.74 Å². The molecule has 2 bridgehead atoms. The molecule has 2 aliphatic rings. The maximum absolute atomic E-state index is 13.6. The third-order valence-electron chi connectivity index (χ3n) is 6.44. The first-order valence-corrected chi connectivity index (χ1v) is 10.8. The first kappa shape index (κ1) is 20.1. The van der Waals surface area contributed by atoms with Crippen molar-refractivity contribution >= 4 is 17.5 Å². The number of amides is 1. The Bertz CT molecular complexity index is 1160. The number of fused-ring (bicyclic) bond motifs is 4. The molecule has 31 heavy (non-hydrogen) atoms. The molecule has 2 aromatic carbocycles. The fourth-order valence-electron chi connectivity index (χ4n) is 5.09. The van der Waals surface area contributed by atoms with Gasteiger partial charge < -0.3 is 9.64 Å². The second-order valence-corrected chi connectivity index (χ2v) is 8.56. The van der Waals surface area contributed by atoms with Crippen LogP contribution in [0.5, 0.6) is 5.75 Å². The fraction of sp³-hybridized carbons (Fsp3) is 0.333. The Labute approximate surface area is 185 Å². The zero-order valence-electron chi connectivity index (χ0n) is 17.4. The van der Waals surface area contributed by atoms with Crippen molar-refractivity contribution < 1.29 is 13.9 Å². The van der Waals surface area contributed by atoms with E-state index in [2.05, 4.69) is 0 Å². The average molecular weight is 440 g/mol. The lowest BCUT2D eigenvalue weighted by molar-refractivity contribution is 0.0391. The van der Waals surface area contributed by atoms with Crippen LogP contribution in [0.25, 0.3) is 11.3 Å². The predicted octanol–water partition coefficient (Wildman–Crippen LogP) is 5.18. The molecule has 1 amide bonds. The molecule has 3 heterocycles. The first-order valence-electron chi connectivity index (χ1n) is 10.5. The lowest BCUT2D eigenvalue weighted by atomic mass is 9.81. The molecule has 0 radical (unpaired) electrons. The number of nitrogens with zero attached hydrogens (tertiary/aromatic N) is 3. The Morgan fingerprint density at radius 1 is 1.19 bits per heavy atom. The standard InChI is InChI=1S/C24H23ClFN3O2/c1-28-23(14-9-11-15(26)12-10-14)18-13-16-5-3-7-19(22(18)27-28)29(16)24(30)17-6-4-8-20(31-2)21(17)25/h4,6,8-12,16,19H,3,5,7,13H2,1-2H3. The highest BCUT2D eigenvalue weighted by Gasteiger charge is 2.44. The topological polar surface area (TPSA) is 47.4 Å². The van der Waals surface area contributed by atoms with Crippen LogP contribution in [-0.2, 0) is 13.5 Å². The van der Waals surface area contributed by atoms with Crippen LogP contribution in [0.4, 0.5) is 4.39 Å². The van der Waals surface area contributed by atoms with Gasteiger partial charge in [-0.25, -0.2) is 4.39 Å². The van der Waals surface area contributed by atoms with E-state index >= 15 is 0 Å². The normalized spacial score (nSPS) is 19.8. The van der Waals surface area contributed by atoms with E-state index in [-0.39, 0.29) is 23.8 Å². The minimum Gasteiger partial charge on any atom is -0.495 e. The van der Waals surface area contributed by atoms with Crippen molar-refractivity contribution in [2.24, 2.45) is 7.05 Å². The van der Waals surface area contributed by atoms with Gasteiger partial charge in [0.2, 0.25) is 0 Å². The molecule has 0 aliphatic carbocycles. The zero-order valence-corrected chi connectivity index (χ0v) is 18.2. The first-order chi connectivity index (χ1) is 15.0. The van der Waals surface area contributed by atoms with Gasteiger partial charge in [0.25, 0.3) is 5.91 Å². The van der Waals surface area contributed by atoms with Crippen LogP contribution in [0, 0.1) is 5.82 Å². The summed E-state index contributed by atoms with van der Waals surface area (Å²) in [6.45, 7) is 0. The van der Waals surface area contributed by atoms with Crippen molar-refractivity contribution in [3.8, 4) is 17.0 Å². The molecule has 0 N–H and O–H groups in total. The number of hydrogen-bond donors (Lipinski definition) is 0. The van der Waals surface area contributed by atoms with Gasteiger partial charge >= 0.3 is 0 Å². The number of ether oxygens (including phenoxy) is 1. The third kappa shape index (κ3) is 3.21. The largest absolute Gasteiger partial charge is 0.495 e. The molecule has 7 heteroatoms. The zero-order chi connectivity index (χ0) is 21.7. The number of rotatable bonds is 3. The number of carbonyl (C=O) groups excluding carboxylic acids is 1. The Balaban J connectivity index is 1.57. The molecule has 2 aliphatic heterocycles. The summed E-state index contributed by atoms with van der Waals surface area (Å²) >= 11 is 6.48. The van der Waals surface area contributed by atoms with Gasteiger partial charge in [0, 0.05) is 24.2 Å². The third-order valence-corrected chi connectivity index (χ3v) is 6.83. The van der Waals surface area contributed by atoms with Crippen molar-refractivity contribution in [3.05, 3.63) is 70.1 Å². The van der Waals surface area contributed by atoms with Gasteiger partial charge in [-0.15, -0.1) is 0 Å². The highest BCUT2D eigenvalue weighted by Crippen LogP contribution is 2.45. The molecular formula is C24H23ClFN3O2. The Morgan fingerprint density at radius 3 is 2.71 bits per heavy atom. The molecule has 0 saturated carbocycles. The number of halogens is 2. The predicted molar refractivity (Wildman–Crippen MR) is 117 cm³/mol. The van der Waals surface area contributed by atoms with E-state index in [0.29, 0.717) is 16.3 Å². The molecule has 1 saturated heterocycles. The van der Waals surface area contributed by atoms with E-state index < -0.39 is 0 Å². The maximum atomic E-state index is 13.6. The molecule has 3 aromatic rings. The summed E-state index contributed by atoms with van der Waals surface area (Å²) in [6.07, 6.45) is 3.56. The summed E-state index contributed by atoms with van der Waals surface area (Å²) in [4.78, 5) is 15.6. The second kappa shape index (κ2) is 7.68. The van der Waals surface area contributed by atoms with Crippen LogP contribution in [0.2, 0.25) is 5.02 Å². The van der Waals surface area contributed by atoms with E-state index in [1.165, 1.54) is 12.1 Å². The second-order valence-electron chi connectivity index (χ2n) is 8.18. The van der Waals surface area contributed by atoms with Crippen LogP contribution >= 0.6 is 11.6 Å². The number of carbonyl (C=O) groups is 1. The van der Waals surface area contributed by atoms with Crippen LogP contribution in [-0.4, -0.2) is 33.7 Å². The fourth-order valence-corrected chi connectivity index (χ4v) is 5.37. The Morgan fingerprint density at radius 2 is 1.97 bits per heavy atom. The van der Waals surface area contributed by atoms with E-state index in [1.807, 2.05) is 16.6 Å². The number of piperidine rings is 1. The molecular weight excluding hydrogens is 417 g/mol. The van der Waals surface area contributed by atoms with Crippen molar-refractivity contribution in [1.29, 1.82) is 0 Å². The molecule has 5 nitrogen and oxygen atoms in total. The smallest absolute Gasteiger partial charge is 0.256 e. The molecule has 5 rings (SSSR count). The number of benzene rings is 2. The van der Waals surface area contributed by atoms with E-state index in [1.54, 1.807) is 37.4 Å². The number of aryl methyl sites for hydroxylation is 1. The van der Waals surface area contributed by atoms with Gasteiger partial charge in [-0.05, 0) is 62.1 Å². The van der Waals surface area contributed by atoms with E-state index in [9.17, 15) is 9.18 Å². The van der Waals surface area contributed by atoms with Gasteiger partial charge in [-0.3, -0.25) is 9.48 Å². The summed E-state index contributed by atoms with van der Waals surface area (Å²) < 4.78 is 20.6.